The number of halogens is 3. The first-order valence-electron chi connectivity index (χ1n) is 8.03. The third kappa shape index (κ3) is 8.32. The summed E-state index contributed by atoms with van der Waals surface area (Å²) in [6.45, 7) is 2.15. The van der Waals surface area contributed by atoms with Crippen LogP contribution in [0.15, 0.2) is 24.3 Å². The fourth-order valence-electron chi connectivity index (χ4n) is 2.08. The number of methoxy groups -OCH3 is 1. The lowest BCUT2D eigenvalue weighted by molar-refractivity contribution is -0.123. The zero-order valence-corrected chi connectivity index (χ0v) is 16.3. The molecule has 0 saturated carbocycles. The molecule has 0 bridgehead atoms. The first-order chi connectivity index (χ1) is 11.4. The van der Waals surface area contributed by atoms with Crippen LogP contribution >= 0.6 is 34.8 Å². The Hall–Kier alpha value is -0.840. The molecule has 0 spiro atoms. The average molecular weight is 397 g/mol. The summed E-state index contributed by atoms with van der Waals surface area (Å²) >= 11 is 17.8. The van der Waals surface area contributed by atoms with Gasteiger partial charge in [-0.05, 0) is 30.7 Å². The van der Waals surface area contributed by atoms with Crippen LogP contribution in [0.4, 0.5) is 0 Å². The maximum Gasteiger partial charge on any atom is 0.246 e. The van der Waals surface area contributed by atoms with E-state index in [1.165, 1.54) is 6.42 Å². The van der Waals surface area contributed by atoms with Crippen molar-refractivity contribution in [3.05, 3.63) is 24.3 Å². The molecule has 0 aliphatic carbocycles. The fraction of sp³-hybridized carbons (Fsp3) is 0.588. The highest BCUT2D eigenvalue weighted by atomic mass is 35.6. The summed E-state index contributed by atoms with van der Waals surface area (Å²) in [4.78, 5) is 12.0. The molecule has 0 fully saturated rings. The van der Waals surface area contributed by atoms with E-state index >= 15 is 0 Å². The van der Waals surface area contributed by atoms with Gasteiger partial charge in [-0.25, -0.2) is 0 Å². The van der Waals surface area contributed by atoms with Crippen LogP contribution in [0.2, 0.25) is 0 Å². The van der Waals surface area contributed by atoms with Gasteiger partial charge in [0, 0.05) is 6.42 Å². The molecule has 1 atom stereocenters. The highest BCUT2D eigenvalue weighted by Gasteiger charge is 2.36. The number of carbonyl (C=O) groups is 1. The van der Waals surface area contributed by atoms with E-state index in [0.29, 0.717) is 17.9 Å². The molecule has 7 heteroatoms. The molecule has 1 aromatic carbocycles. The van der Waals surface area contributed by atoms with Crippen LogP contribution in [0.3, 0.4) is 0 Å². The Morgan fingerprint density at radius 2 is 1.67 bits per heavy atom. The SMILES string of the molecule is CCCCCCCC(=O)N[C@@H](Oc1ccc(OC)cc1)C(Cl)(Cl)Cl. The summed E-state index contributed by atoms with van der Waals surface area (Å²) in [5.41, 5.74) is 0. The van der Waals surface area contributed by atoms with Gasteiger partial charge < -0.3 is 14.8 Å². The monoisotopic (exact) mass is 395 g/mol. The molecule has 1 N–H and O–H groups in total. The van der Waals surface area contributed by atoms with Crippen molar-refractivity contribution < 1.29 is 14.3 Å². The van der Waals surface area contributed by atoms with Crippen LogP contribution in [0.25, 0.3) is 0 Å². The second kappa shape index (κ2) is 10.9. The van der Waals surface area contributed by atoms with E-state index in [4.69, 9.17) is 44.3 Å². The predicted octanol–water partition coefficient (Wildman–Crippen LogP) is 5.25. The third-order valence-corrected chi connectivity index (χ3v) is 4.00. The minimum absolute atomic E-state index is 0.198. The van der Waals surface area contributed by atoms with Gasteiger partial charge in [-0.1, -0.05) is 67.4 Å². The van der Waals surface area contributed by atoms with E-state index in [9.17, 15) is 4.79 Å². The Labute approximate surface area is 158 Å². The lowest BCUT2D eigenvalue weighted by Gasteiger charge is -2.26. The molecule has 1 aromatic rings. The molecule has 0 heterocycles. The summed E-state index contributed by atoms with van der Waals surface area (Å²) in [6.07, 6.45) is 4.60. The van der Waals surface area contributed by atoms with Crippen LogP contribution in [-0.4, -0.2) is 23.0 Å². The number of alkyl halides is 3. The van der Waals surface area contributed by atoms with Gasteiger partial charge in [-0.15, -0.1) is 0 Å². The molecule has 24 heavy (non-hydrogen) atoms. The van der Waals surface area contributed by atoms with Crippen LogP contribution in [0.1, 0.15) is 45.4 Å². The van der Waals surface area contributed by atoms with Gasteiger partial charge in [-0.3, -0.25) is 4.79 Å². The molecule has 1 amide bonds. The largest absolute Gasteiger partial charge is 0.497 e. The van der Waals surface area contributed by atoms with Crippen molar-refractivity contribution in [1.29, 1.82) is 0 Å². The Kier molecular flexibility index (Phi) is 9.64. The van der Waals surface area contributed by atoms with Gasteiger partial charge in [0.25, 0.3) is 0 Å². The molecule has 0 radical (unpaired) electrons. The topological polar surface area (TPSA) is 47.6 Å². The first kappa shape index (κ1) is 21.2. The second-order valence-corrected chi connectivity index (χ2v) is 7.82. The molecule has 1 rings (SSSR count). The summed E-state index contributed by atoms with van der Waals surface area (Å²) in [5, 5.41) is 2.64. The van der Waals surface area contributed by atoms with Crippen molar-refractivity contribution in [2.75, 3.05) is 7.11 Å². The summed E-state index contributed by atoms with van der Waals surface area (Å²) in [5.74, 6) is 0.954. The van der Waals surface area contributed by atoms with Gasteiger partial charge in [-0.2, -0.15) is 0 Å². The molecule has 136 valence electrons. The van der Waals surface area contributed by atoms with Crippen LogP contribution in [0.5, 0.6) is 11.5 Å². The fourth-order valence-corrected chi connectivity index (χ4v) is 2.37. The van der Waals surface area contributed by atoms with Crippen LogP contribution in [0, 0.1) is 0 Å². The van der Waals surface area contributed by atoms with Gasteiger partial charge in [0.15, 0.2) is 0 Å². The molecule has 0 aliphatic rings. The van der Waals surface area contributed by atoms with E-state index < -0.39 is 10.0 Å². The molecule has 0 unspecified atom stereocenters. The molecule has 0 saturated heterocycles. The number of unbranched alkanes of at least 4 members (excludes halogenated alkanes) is 4. The number of nitrogens with one attached hydrogen (secondary N) is 1. The minimum atomic E-state index is -1.78. The zero-order valence-electron chi connectivity index (χ0n) is 14.0. The normalized spacial score (nSPS) is 12.5. The quantitative estimate of drug-likeness (QED) is 0.334. The van der Waals surface area contributed by atoms with Crippen molar-refractivity contribution in [3.8, 4) is 11.5 Å². The summed E-state index contributed by atoms with van der Waals surface area (Å²) in [7, 11) is 1.57. The first-order valence-corrected chi connectivity index (χ1v) is 9.17. The predicted molar refractivity (Wildman–Crippen MR) is 99.2 cm³/mol. The Morgan fingerprint density at radius 3 is 2.21 bits per heavy atom. The van der Waals surface area contributed by atoms with E-state index in [1.54, 1.807) is 31.4 Å². The van der Waals surface area contributed by atoms with E-state index in [2.05, 4.69) is 12.2 Å². The summed E-state index contributed by atoms with van der Waals surface area (Å²) in [6, 6.07) is 6.80. The van der Waals surface area contributed by atoms with Gasteiger partial charge in [0.2, 0.25) is 15.9 Å². The number of amides is 1. The van der Waals surface area contributed by atoms with Crippen molar-refractivity contribution in [2.24, 2.45) is 0 Å². The Morgan fingerprint density at radius 1 is 1.08 bits per heavy atom. The lowest BCUT2D eigenvalue weighted by atomic mass is 10.1. The lowest BCUT2D eigenvalue weighted by Crippen LogP contribution is -2.47. The number of benzene rings is 1. The van der Waals surface area contributed by atoms with E-state index in [-0.39, 0.29) is 5.91 Å². The number of ether oxygens (including phenoxy) is 2. The second-order valence-electron chi connectivity index (χ2n) is 5.45. The van der Waals surface area contributed by atoms with Gasteiger partial charge >= 0.3 is 0 Å². The smallest absolute Gasteiger partial charge is 0.246 e. The van der Waals surface area contributed by atoms with Crippen LogP contribution < -0.4 is 14.8 Å². The molecule has 0 aliphatic heterocycles. The molecule has 4 nitrogen and oxygen atoms in total. The maximum absolute atomic E-state index is 12.0. The van der Waals surface area contributed by atoms with Gasteiger partial charge in [0.1, 0.15) is 11.5 Å². The van der Waals surface area contributed by atoms with Gasteiger partial charge in [0.05, 0.1) is 7.11 Å². The van der Waals surface area contributed by atoms with Crippen LogP contribution in [-0.2, 0) is 4.79 Å². The van der Waals surface area contributed by atoms with Crippen molar-refractivity contribution in [1.82, 2.24) is 5.32 Å². The Balaban J connectivity index is 2.54. The third-order valence-electron chi connectivity index (χ3n) is 3.41. The van der Waals surface area contributed by atoms with Crippen molar-refractivity contribution in [3.63, 3.8) is 0 Å². The minimum Gasteiger partial charge on any atom is -0.497 e. The number of hydrogen-bond acceptors (Lipinski definition) is 3. The summed E-state index contributed by atoms with van der Waals surface area (Å²) < 4.78 is 8.91. The highest BCUT2D eigenvalue weighted by Crippen LogP contribution is 2.32. The van der Waals surface area contributed by atoms with E-state index in [0.717, 1.165) is 25.7 Å². The molecular formula is C17H24Cl3NO3. The van der Waals surface area contributed by atoms with Crippen molar-refractivity contribution in [2.45, 2.75) is 55.5 Å². The standard InChI is InChI=1S/C17H24Cl3NO3/c1-3-4-5-6-7-8-15(22)21-16(17(18,19)20)24-14-11-9-13(23-2)10-12-14/h9-12,16H,3-8H2,1-2H3,(H,21,22)/t16-/m0/s1. The Bertz CT molecular complexity index is 489. The zero-order chi connectivity index (χ0) is 18.0. The number of rotatable bonds is 10. The molecule has 0 aromatic heterocycles. The van der Waals surface area contributed by atoms with Crippen molar-refractivity contribution >= 4 is 40.7 Å². The number of hydrogen-bond donors (Lipinski definition) is 1. The maximum atomic E-state index is 12.0. The van der Waals surface area contributed by atoms with E-state index in [1.807, 2.05) is 0 Å². The molecular weight excluding hydrogens is 373 g/mol. The average Bonchev–Trinajstić information content (AvgIpc) is 2.54. The highest BCUT2D eigenvalue weighted by molar-refractivity contribution is 6.68. The number of carbonyl (C=O) groups excluding carboxylic acids is 1.